The Hall–Kier alpha value is -3.72. The van der Waals surface area contributed by atoms with Crippen LogP contribution in [0.3, 0.4) is 0 Å². The number of ether oxygens (including phenoxy) is 2. The van der Waals surface area contributed by atoms with Gasteiger partial charge < -0.3 is 25.4 Å². The normalized spacial score (nSPS) is 16.7. The molecule has 3 N–H and O–H groups in total. The Labute approximate surface area is 212 Å². The first-order chi connectivity index (χ1) is 17.5. The van der Waals surface area contributed by atoms with Crippen LogP contribution >= 0.6 is 0 Å². The number of methoxy groups -OCH3 is 1. The van der Waals surface area contributed by atoms with Crippen molar-refractivity contribution in [3.63, 3.8) is 0 Å². The van der Waals surface area contributed by atoms with E-state index in [4.69, 9.17) is 9.47 Å². The predicted molar refractivity (Wildman–Crippen MR) is 141 cm³/mol. The maximum Gasteiger partial charge on any atom is 0.251 e. The predicted octanol–water partition coefficient (Wildman–Crippen LogP) is 3.96. The first-order valence-electron chi connectivity index (χ1n) is 12.2. The third kappa shape index (κ3) is 6.09. The van der Waals surface area contributed by atoms with Gasteiger partial charge >= 0.3 is 0 Å². The molecule has 0 aliphatic carbocycles. The molecule has 3 aromatic rings. The molecule has 0 saturated carbocycles. The second-order valence-electron chi connectivity index (χ2n) is 9.11. The van der Waals surface area contributed by atoms with Gasteiger partial charge in [0.15, 0.2) is 0 Å². The number of benzene rings is 1. The third-order valence-corrected chi connectivity index (χ3v) is 6.68. The average Bonchev–Trinajstić information content (AvgIpc) is 3.44. The van der Waals surface area contributed by atoms with Gasteiger partial charge in [-0.25, -0.2) is 15.0 Å². The highest BCUT2D eigenvalue weighted by atomic mass is 16.5. The lowest BCUT2D eigenvalue weighted by Crippen LogP contribution is -2.20. The molecule has 1 amide bonds. The number of carbonyl (C=O) groups excluding carboxylic acids is 1. The quantitative estimate of drug-likeness (QED) is 0.392. The van der Waals surface area contributed by atoms with Crippen molar-refractivity contribution in [2.75, 3.05) is 44.5 Å². The standard InChI is InChI=1S/C27H34N6O3/c1-17(18(2)22-7-5-19(27(34)28-3)11-24(22)35-4)13-29-26-12-23(31-16-32-26)20-6-8-25(30-14-20)33-21-9-10-36-15-21/h5-8,11-12,14,16-18,21H,9-10,13,15H2,1-4H3,(H,28,34)(H,30,33)(H,29,31,32)/t17?,18-,21+/m1/s1. The highest BCUT2D eigenvalue weighted by Gasteiger charge is 2.20. The summed E-state index contributed by atoms with van der Waals surface area (Å²) in [5.41, 5.74) is 3.38. The van der Waals surface area contributed by atoms with E-state index in [0.29, 0.717) is 23.9 Å². The molecule has 1 aromatic carbocycles. The first kappa shape index (κ1) is 25.4. The second-order valence-corrected chi connectivity index (χ2v) is 9.11. The van der Waals surface area contributed by atoms with Crippen molar-refractivity contribution >= 4 is 17.5 Å². The summed E-state index contributed by atoms with van der Waals surface area (Å²) < 4.78 is 11.0. The van der Waals surface area contributed by atoms with E-state index in [-0.39, 0.29) is 17.7 Å². The van der Waals surface area contributed by atoms with Crippen molar-refractivity contribution in [1.29, 1.82) is 0 Å². The molecule has 4 rings (SSSR count). The number of hydrogen-bond donors (Lipinski definition) is 3. The number of nitrogens with one attached hydrogen (secondary N) is 3. The largest absolute Gasteiger partial charge is 0.496 e. The zero-order chi connectivity index (χ0) is 25.5. The molecular formula is C27H34N6O3. The van der Waals surface area contributed by atoms with E-state index in [1.165, 1.54) is 0 Å². The number of carbonyl (C=O) groups is 1. The van der Waals surface area contributed by atoms with Crippen molar-refractivity contribution in [1.82, 2.24) is 20.3 Å². The summed E-state index contributed by atoms with van der Waals surface area (Å²) in [6, 6.07) is 11.8. The minimum atomic E-state index is -0.133. The molecule has 1 saturated heterocycles. The van der Waals surface area contributed by atoms with Gasteiger partial charge in [0, 0.05) is 43.6 Å². The number of aromatic nitrogens is 3. The molecule has 3 heterocycles. The van der Waals surface area contributed by atoms with Crippen molar-refractivity contribution in [3.8, 4) is 17.0 Å². The van der Waals surface area contributed by atoms with Gasteiger partial charge in [0.25, 0.3) is 5.91 Å². The molecule has 2 aromatic heterocycles. The van der Waals surface area contributed by atoms with Crippen LogP contribution in [0.5, 0.6) is 5.75 Å². The Kier molecular flexibility index (Phi) is 8.32. The number of nitrogens with zero attached hydrogens (tertiary/aromatic N) is 3. The molecule has 1 fully saturated rings. The molecule has 0 spiro atoms. The van der Waals surface area contributed by atoms with Gasteiger partial charge in [0.2, 0.25) is 0 Å². The average molecular weight is 491 g/mol. The Balaban J connectivity index is 1.38. The van der Waals surface area contributed by atoms with Crippen molar-refractivity contribution in [3.05, 3.63) is 60.0 Å². The summed E-state index contributed by atoms with van der Waals surface area (Å²) in [5.74, 6) is 2.64. The Morgan fingerprint density at radius 2 is 2.00 bits per heavy atom. The molecular weight excluding hydrogens is 456 g/mol. The van der Waals surface area contributed by atoms with Crippen LogP contribution in [0.4, 0.5) is 11.6 Å². The molecule has 9 heteroatoms. The van der Waals surface area contributed by atoms with E-state index in [9.17, 15) is 4.79 Å². The van der Waals surface area contributed by atoms with Crippen LogP contribution in [0.2, 0.25) is 0 Å². The highest BCUT2D eigenvalue weighted by molar-refractivity contribution is 5.94. The van der Waals surface area contributed by atoms with Gasteiger partial charge in [-0.05, 0) is 48.1 Å². The van der Waals surface area contributed by atoms with Gasteiger partial charge in [-0.15, -0.1) is 0 Å². The molecule has 1 aliphatic heterocycles. The van der Waals surface area contributed by atoms with E-state index < -0.39 is 0 Å². The molecule has 1 aliphatic rings. The van der Waals surface area contributed by atoms with Crippen LogP contribution in [0.25, 0.3) is 11.3 Å². The van der Waals surface area contributed by atoms with Gasteiger partial charge in [0.1, 0.15) is 23.7 Å². The minimum Gasteiger partial charge on any atom is -0.496 e. The summed E-state index contributed by atoms with van der Waals surface area (Å²) in [6.07, 6.45) is 4.38. The smallest absolute Gasteiger partial charge is 0.251 e. The fraction of sp³-hybridized carbons (Fsp3) is 0.407. The molecule has 36 heavy (non-hydrogen) atoms. The molecule has 9 nitrogen and oxygen atoms in total. The fourth-order valence-electron chi connectivity index (χ4n) is 4.22. The maximum absolute atomic E-state index is 12.0. The van der Waals surface area contributed by atoms with E-state index >= 15 is 0 Å². The molecule has 3 atom stereocenters. The van der Waals surface area contributed by atoms with E-state index in [2.05, 4.69) is 44.7 Å². The van der Waals surface area contributed by atoms with Crippen molar-refractivity contribution < 1.29 is 14.3 Å². The summed E-state index contributed by atoms with van der Waals surface area (Å²) in [7, 11) is 3.25. The van der Waals surface area contributed by atoms with Crippen LogP contribution in [0.15, 0.2) is 48.9 Å². The molecule has 0 bridgehead atoms. The Bertz CT molecular complexity index is 1160. The van der Waals surface area contributed by atoms with Gasteiger partial charge in [-0.2, -0.15) is 0 Å². The van der Waals surface area contributed by atoms with Crippen LogP contribution < -0.4 is 20.7 Å². The summed E-state index contributed by atoms with van der Waals surface area (Å²) >= 11 is 0. The van der Waals surface area contributed by atoms with Crippen LogP contribution in [0.1, 0.15) is 42.1 Å². The monoisotopic (exact) mass is 490 g/mol. The Morgan fingerprint density at radius 3 is 2.69 bits per heavy atom. The van der Waals surface area contributed by atoms with Crippen molar-refractivity contribution in [2.45, 2.75) is 32.2 Å². The first-order valence-corrected chi connectivity index (χ1v) is 12.2. The van der Waals surface area contributed by atoms with E-state index in [1.54, 1.807) is 26.6 Å². The number of pyridine rings is 1. The molecule has 0 radical (unpaired) electrons. The fourth-order valence-corrected chi connectivity index (χ4v) is 4.22. The zero-order valence-electron chi connectivity index (χ0n) is 21.2. The van der Waals surface area contributed by atoms with E-state index in [0.717, 1.165) is 48.1 Å². The van der Waals surface area contributed by atoms with E-state index in [1.807, 2.05) is 36.5 Å². The summed E-state index contributed by atoms with van der Waals surface area (Å²) in [5, 5.41) is 9.48. The van der Waals surface area contributed by atoms with Gasteiger partial charge in [-0.1, -0.05) is 19.9 Å². The second kappa shape index (κ2) is 11.8. The summed E-state index contributed by atoms with van der Waals surface area (Å²) in [4.78, 5) is 25.3. The maximum atomic E-state index is 12.0. The third-order valence-electron chi connectivity index (χ3n) is 6.68. The number of amides is 1. The van der Waals surface area contributed by atoms with Crippen LogP contribution in [-0.4, -0.2) is 60.8 Å². The zero-order valence-corrected chi connectivity index (χ0v) is 21.2. The molecule has 1 unspecified atom stereocenters. The highest BCUT2D eigenvalue weighted by Crippen LogP contribution is 2.33. The van der Waals surface area contributed by atoms with Gasteiger partial charge in [0.05, 0.1) is 25.5 Å². The SMILES string of the molecule is CNC(=O)c1ccc([C@H](C)C(C)CNc2cc(-c3ccc(N[C@H]4CCOC4)nc3)ncn2)c(OC)c1. The molecule has 190 valence electrons. The number of anilines is 2. The van der Waals surface area contributed by atoms with Crippen LogP contribution in [-0.2, 0) is 4.74 Å². The lowest BCUT2D eigenvalue weighted by molar-refractivity contribution is 0.0962. The Morgan fingerprint density at radius 1 is 1.14 bits per heavy atom. The summed E-state index contributed by atoms with van der Waals surface area (Å²) in [6.45, 7) is 6.56. The lowest BCUT2D eigenvalue weighted by Gasteiger charge is -2.23. The number of hydrogen-bond acceptors (Lipinski definition) is 8. The topological polar surface area (TPSA) is 110 Å². The van der Waals surface area contributed by atoms with Gasteiger partial charge in [-0.3, -0.25) is 4.79 Å². The van der Waals surface area contributed by atoms with Crippen molar-refractivity contribution in [2.24, 2.45) is 5.92 Å². The number of rotatable bonds is 10. The van der Waals surface area contributed by atoms with Crippen LogP contribution in [0, 0.1) is 5.92 Å². The minimum absolute atomic E-state index is 0.133. The lowest BCUT2D eigenvalue weighted by atomic mass is 9.87.